The van der Waals surface area contributed by atoms with Crippen molar-refractivity contribution in [1.29, 1.82) is 0 Å². The molecule has 3 aromatic carbocycles. The van der Waals surface area contributed by atoms with E-state index in [4.69, 9.17) is 14.2 Å². The Morgan fingerprint density at radius 1 is 0.812 bits per heavy atom. The van der Waals surface area contributed by atoms with Gasteiger partial charge in [0, 0.05) is 18.3 Å². The van der Waals surface area contributed by atoms with Gasteiger partial charge in [-0.1, -0.05) is 24.3 Å². The van der Waals surface area contributed by atoms with Crippen LogP contribution in [0.3, 0.4) is 0 Å². The first kappa shape index (κ1) is 21.7. The van der Waals surface area contributed by atoms with Crippen LogP contribution in [-0.4, -0.2) is 38.4 Å². The Bertz CT molecular complexity index is 1200. The van der Waals surface area contributed by atoms with Crippen molar-refractivity contribution in [2.45, 2.75) is 31.1 Å². The van der Waals surface area contributed by atoms with Crippen molar-refractivity contribution in [3.8, 4) is 22.6 Å². The van der Waals surface area contributed by atoms with Crippen molar-refractivity contribution >= 4 is 22.7 Å². The number of ether oxygens (including phenoxy) is 3. The zero-order valence-electron chi connectivity index (χ0n) is 18.4. The Morgan fingerprint density at radius 3 is 2.00 bits per heavy atom. The summed E-state index contributed by atoms with van der Waals surface area (Å²) in [5.74, 6) is -0.0246. The minimum atomic E-state index is -0.876. The molecule has 0 aromatic heterocycles. The molecule has 0 saturated heterocycles. The van der Waals surface area contributed by atoms with E-state index in [1.165, 1.54) is 7.11 Å². The zero-order chi connectivity index (χ0) is 22.9. The van der Waals surface area contributed by atoms with Gasteiger partial charge in [-0.05, 0) is 70.1 Å². The van der Waals surface area contributed by atoms with Gasteiger partial charge < -0.3 is 19.3 Å². The van der Waals surface area contributed by atoms with Gasteiger partial charge in [-0.2, -0.15) is 0 Å². The first-order valence-corrected chi connectivity index (χ1v) is 10.5. The number of fused-ring (bicyclic) bond motifs is 4. The molecule has 6 nitrogen and oxygen atoms in total. The predicted molar refractivity (Wildman–Crippen MR) is 121 cm³/mol. The molecule has 0 spiro atoms. The van der Waals surface area contributed by atoms with Gasteiger partial charge in [-0.15, -0.1) is 0 Å². The Kier molecular flexibility index (Phi) is 5.78. The summed E-state index contributed by atoms with van der Waals surface area (Å²) in [6, 6.07) is 16.2. The highest BCUT2D eigenvalue weighted by atomic mass is 16.5. The van der Waals surface area contributed by atoms with E-state index in [0.717, 1.165) is 33.0 Å². The smallest absolute Gasteiger partial charge is 0.305 e. The third-order valence-corrected chi connectivity index (χ3v) is 6.48. The molecule has 1 aliphatic rings. The Morgan fingerprint density at radius 2 is 1.38 bits per heavy atom. The first-order valence-electron chi connectivity index (χ1n) is 10.5. The minimum Gasteiger partial charge on any atom is -0.493 e. The molecule has 32 heavy (non-hydrogen) atoms. The summed E-state index contributed by atoms with van der Waals surface area (Å²) in [6.45, 7) is 0. The second kappa shape index (κ2) is 8.54. The van der Waals surface area contributed by atoms with E-state index in [1.807, 2.05) is 30.3 Å². The van der Waals surface area contributed by atoms with Crippen LogP contribution >= 0.6 is 0 Å². The molecule has 0 fully saturated rings. The highest BCUT2D eigenvalue weighted by Gasteiger charge is 2.44. The van der Waals surface area contributed by atoms with E-state index < -0.39 is 11.4 Å². The largest absolute Gasteiger partial charge is 0.493 e. The Labute approximate surface area is 186 Å². The summed E-state index contributed by atoms with van der Waals surface area (Å²) in [5, 5.41) is 11.7. The lowest BCUT2D eigenvalue weighted by molar-refractivity contribution is -0.141. The van der Waals surface area contributed by atoms with Gasteiger partial charge in [0.05, 0.1) is 21.3 Å². The van der Waals surface area contributed by atoms with Crippen LogP contribution in [-0.2, 0) is 19.7 Å². The molecule has 1 unspecified atom stereocenters. The molecule has 166 valence electrons. The molecule has 6 heteroatoms. The van der Waals surface area contributed by atoms with E-state index in [1.54, 1.807) is 14.2 Å². The number of methoxy groups -OCH3 is 3. The van der Waals surface area contributed by atoms with Crippen LogP contribution in [0, 0.1) is 0 Å². The highest BCUT2D eigenvalue weighted by molar-refractivity contribution is 5.94. The molecule has 1 aliphatic carbocycles. The number of rotatable bonds is 8. The number of hydrogen-bond donors (Lipinski definition) is 1. The minimum absolute atomic E-state index is 0.0266. The van der Waals surface area contributed by atoms with Gasteiger partial charge in [0.25, 0.3) is 0 Å². The molecule has 1 N–H and O–H groups in total. The van der Waals surface area contributed by atoms with E-state index >= 15 is 0 Å². The van der Waals surface area contributed by atoms with Crippen LogP contribution < -0.4 is 9.47 Å². The SMILES string of the molecule is COC(=O)CCC1(CCC(=O)O)c2cc(OC)c(OC)cc2-c2cc3ccccc3cc21. The van der Waals surface area contributed by atoms with Crippen molar-refractivity contribution < 1.29 is 28.9 Å². The van der Waals surface area contributed by atoms with Crippen LogP contribution in [0.25, 0.3) is 21.9 Å². The molecule has 0 heterocycles. The summed E-state index contributed by atoms with van der Waals surface area (Å²) < 4.78 is 16.0. The van der Waals surface area contributed by atoms with Gasteiger partial charge in [-0.3, -0.25) is 9.59 Å². The first-order chi connectivity index (χ1) is 15.4. The van der Waals surface area contributed by atoms with Gasteiger partial charge >= 0.3 is 11.9 Å². The monoisotopic (exact) mass is 434 g/mol. The predicted octanol–water partition coefficient (Wildman–Crippen LogP) is 4.94. The number of hydrogen-bond acceptors (Lipinski definition) is 5. The van der Waals surface area contributed by atoms with Crippen molar-refractivity contribution in [3.05, 3.63) is 59.7 Å². The quantitative estimate of drug-likeness (QED) is 0.506. The summed E-state index contributed by atoms with van der Waals surface area (Å²) in [5.41, 5.74) is 3.30. The number of carbonyl (C=O) groups is 2. The normalized spacial score (nSPS) is 16.3. The van der Waals surface area contributed by atoms with Crippen molar-refractivity contribution in [3.63, 3.8) is 0 Å². The zero-order valence-corrected chi connectivity index (χ0v) is 18.4. The molecule has 0 amide bonds. The molecule has 0 saturated carbocycles. The molecule has 0 bridgehead atoms. The van der Waals surface area contributed by atoms with Crippen LogP contribution in [0.5, 0.6) is 11.5 Å². The van der Waals surface area contributed by atoms with Crippen LogP contribution in [0.1, 0.15) is 36.8 Å². The van der Waals surface area contributed by atoms with E-state index in [9.17, 15) is 14.7 Å². The van der Waals surface area contributed by atoms with E-state index in [0.29, 0.717) is 24.3 Å². The number of aliphatic carboxylic acids is 1. The Hall–Kier alpha value is -3.54. The van der Waals surface area contributed by atoms with Crippen LogP contribution in [0.4, 0.5) is 0 Å². The summed E-state index contributed by atoms with van der Waals surface area (Å²) in [6.07, 6.45) is 0.936. The maximum Gasteiger partial charge on any atom is 0.305 e. The van der Waals surface area contributed by atoms with E-state index in [-0.39, 0.29) is 18.8 Å². The molecular formula is C26H26O6. The van der Waals surface area contributed by atoms with Crippen LogP contribution in [0.2, 0.25) is 0 Å². The molecule has 0 radical (unpaired) electrons. The second-order valence-corrected chi connectivity index (χ2v) is 8.05. The lowest BCUT2D eigenvalue weighted by Gasteiger charge is -2.32. The fraction of sp³-hybridized carbons (Fsp3) is 0.308. The molecule has 3 aromatic rings. The van der Waals surface area contributed by atoms with Gasteiger partial charge in [0.2, 0.25) is 0 Å². The molecule has 0 aliphatic heterocycles. The lowest BCUT2D eigenvalue weighted by Crippen LogP contribution is -2.28. The Balaban J connectivity index is 2.02. The third kappa shape index (κ3) is 3.55. The molecule has 4 rings (SSSR count). The maximum atomic E-state index is 12.1. The van der Waals surface area contributed by atoms with Crippen LogP contribution in [0.15, 0.2) is 48.5 Å². The second-order valence-electron chi connectivity index (χ2n) is 8.05. The standard InChI is InChI=1S/C26H26O6/c1-30-22-14-19-18-12-16-6-4-5-7-17(16)13-20(18)26(10-8-24(27)28,11-9-25(29)32-3)21(19)15-23(22)31-2/h4-7,12-15H,8-11H2,1-3H3,(H,27,28). The fourth-order valence-corrected chi connectivity index (χ4v) is 4.90. The topological polar surface area (TPSA) is 82.1 Å². The number of carboxylic acid groups (broad SMARTS) is 1. The van der Waals surface area contributed by atoms with Gasteiger partial charge in [0.1, 0.15) is 0 Å². The average Bonchev–Trinajstić information content (AvgIpc) is 3.07. The van der Waals surface area contributed by atoms with Gasteiger partial charge in [0.15, 0.2) is 11.5 Å². The number of carbonyl (C=O) groups excluding carboxylic acids is 1. The highest BCUT2D eigenvalue weighted by Crippen LogP contribution is 2.56. The lowest BCUT2D eigenvalue weighted by atomic mass is 9.71. The fourth-order valence-electron chi connectivity index (χ4n) is 4.90. The summed E-state index contributed by atoms with van der Waals surface area (Å²) in [7, 11) is 4.54. The van der Waals surface area contributed by atoms with E-state index in [2.05, 4.69) is 18.2 Å². The molecular weight excluding hydrogens is 408 g/mol. The van der Waals surface area contributed by atoms with Crippen molar-refractivity contribution in [2.75, 3.05) is 21.3 Å². The number of esters is 1. The molecule has 1 atom stereocenters. The number of carboxylic acids is 1. The van der Waals surface area contributed by atoms with Gasteiger partial charge in [-0.25, -0.2) is 0 Å². The summed E-state index contributed by atoms with van der Waals surface area (Å²) >= 11 is 0. The van der Waals surface area contributed by atoms with Crippen molar-refractivity contribution in [1.82, 2.24) is 0 Å². The average molecular weight is 434 g/mol. The number of benzene rings is 3. The third-order valence-electron chi connectivity index (χ3n) is 6.48. The summed E-state index contributed by atoms with van der Waals surface area (Å²) in [4.78, 5) is 23.7. The van der Waals surface area contributed by atoms with Crippen molar-refractivity contribution in [2.24, 2.45) is 0 Å². The maximum absolute atomic E-state index is 12.1.